The number of imidazole rings is 1. The molecule has 0 radical (unpaired) electrons. The van der Waals surface area contributed by atoms with Gasteiger partial charge >= 0.3 is 0 Å². The zero-order chi connectivity index (χ0) is 15.9. The first-order valence-electron chi connectivity index (χ1n) is 7.21. The number of fused-ring (bicyclic) bond motifs is 1. The minimum atomic E-state index is 0.0865. The number of halogens is 1. The van der Waals surface area contributed by atoms with Crippen LogP contribution in [-0.4, -0.2) is 16.5 Å². The molecule has 0 fully saturated rings. The fraction of sp³-hybridized carbons (Fsp3) is 0.278. The summed E-state index contributed by atoms with van der Waals surface area (Å²) < 4.78 is 8.57. The Labute approximate surface area is 139 Å². The maximum atomic E-state index is 5.53. The molecule has 3 rings (SSSR count). The molecule has 3 nitrogen and oxygen atoms in total. The van der Waals surface area contributed by atoms with Gasteiger partial charge in [-0.2, -0.15) is 0 Å². The van der Waals surface area contributed by atoms with Crippen molar-refractivity contribution in [3.05, 3.63) is 52.8 Å². The van der Waals surface area contributed by atoms with E-state index in [1.54, 1.807) is 7.11 Å². The van der Waals surface area contributed by atoms with Gasteiger partial charge in [0.2, 0.25) is 0 Å². The minimum Gasteiger partial charge on any atom is -0.496 e. The molecule has 1 aromatic carbocycles. The molecule has 2 aromatic heterocycles. The summed E-state index contributed by atoms with van der Waals surface area (Å²) in [6.07, 6.45) is 4.04. The van der Waals surface area contributed by atoms with Crippen molar-refractivity contribution in [3.8, 4) is 17.0 Å². The van der Waals surface area contributed by atoms with Crippen molar-refractivity contribution in [1.82, 2.24) is 9.38 Å². The zero-order valence-corrected chi connectivity index (χ0v) is 14.8. The lowest BCUT2D eigenvalue weighted by molar-refractivity contribution is 0.415. The molecule has 0 bridgehead atoms. The normalized spacial score (nSPS) is 11.9. The third kappa shape index (κ3) is 2.75. The van der Waals surface area contributed by atoms with Crippen LogP contribution in [0.25, 0.3) is 16.9 Å². The monoisotopic (exact) mass is 358 g/mol. The third-order valence-corrected chi connectivity index (χ3v) is 4.23. The molecule has 4 heteroatoms. The molecule has 0 aliphatic carbocycles. The van der Waals surface area contributed by atoms with Crippen LogP contribution in [0.4, 0.5) is 0 Å². The van der Waals surface area contributed by atoms with Gasteiger partial charge in [0.25, 0.3) is 0 Å². The Kier molecular flexibility index (Phi) is 3.73. The number of methoxy groups -OCH3 is 1. The number of pyridine rings is 1. The van der Waals surface area contributed by atoms with E-state index >= 15 is 0 Å². The summed E-state index contributed by atoms with van der Waals surface area (Å²) in [5.74, 6) is 0.843. The molecular formula is C18H19BrN2O. The van der Waals surface area contributed by atoms with Gasteiger partial charge in [0.05, 0.1) is 12.8 Å². The predicted octanol–water partition coefficient (Wildman–Crippen LogP) is 5.07. The summed E-state index contributed by atoms with van der Waals surface area (Å²) in [5.41, 5.74) is 4.21. The van der Waals surface area contributed by atoms with Crippen LogP contribution in [0.15, 0.2) is 47.2 Å². The second-order valence-electron chi connectivity index (χ2n) is 6.40. The van der Waals surface area contributed by atoms with Crippen molar-refractivity contribution in [3.63, 3.8) is 0 Å². The molecule has 2 heterocycles. The topological polar surface area (TPSA) is 26.5 Å². The van der Waals surface area contributed by atoms with Gasteiger partial charge in [-0.05, 0) is 51.2 Å². The summed E-state index contributed by atoms with van der Waals surface area (Å²) in [6, 6.07) is 10.3. The van der Waals surface area contributed by atoms with Crippen molar-refractivity contribution < 1.29 is 4.74 Å². The average molecular weight is 359 g/mol. The molecule has 3 aromatic rings. The molecule has 0 N–H and O–H groups in total. The van der Waals surface area contributed by atoms with Crippen LogP contribution < -0.4 is 4.74 Å². The maximum Gasteiger partial charge on any atom is 0.137 e. The highest BCUT2D eigenvalue weighted by Gasteiger charge is 2.18. The van der Waals surface area contributed by atoms with Crippen molar-refractivity contribution in [2.45, 2.75) is 26.2 Å². The Morgan fingerprint density at radius 3 is 2.55 bits per heavy atom. The number of nitrogens with zero attached hydrogens (tertiary/aromatic N) is 2. The second-order valence-corrected chi connectivity index (χ2v) is 7.32. The van der Waals surface area contributed by atoms with Crippen LogP contribution in [0, 0.1) is 0 Å². The highest BCUT2D eigenvalue weighted by Crippen LogP contribution is 2.34. The van der Waals surface area contributed by atoms with E-state index in [9.17, 15) is 0 Å². The second kappa shape index (κ2) is 5.43. The number of hydrogen-bond donors (Lipinski definition) is 0. The Morgan fingerprint density at radius 1 is 1.09 bits per heavy atom. The van der Waals surface area contributed by atoms with Gasteiger partial charge in [0, 0.05) is 22.4 Å². The number of rotatable bonds is 2. The molecule has 0 spiro atoms. The molecule has 0 saturated heterocycles. The first-order chi connectivity index (χ1) is 10.4. The van der Waals surface area contributed by atoms with Crippen LogP contribution in [0.2, 0.25) is 0 Å². The van der Waals surface area contributed by atoms with E-state index in [-0.39, 0.29) is 5.41 Å². The van der Waals surface area contributed by atoms with Crippen molar-refractivity contribution in [2.75, 3.05) is 7.11 Å². The quantitative estimate of drug-likeness (QED) is 0.639. The van der Waals surface area contributed by atoms with E-state index in [1.807, 2.05) is 35.0 Å². The molecule has 0 aliphatic rings. The molecular weight excluding hydrogens is 340 g/mol. The van der Waals surface area contributed by atoms with Gasteiger partial charge in [-0.1, -0.05) is 26.8 Å². The molecule has 0 amide bonds. The standard InChI is InChI=1S/C18H19BrN2O/c1-18(2,3)12-5-7-16(22-4)14(9-12)15-11-21-10-13(19)6-8-17(21)20-15/h5-11H,1-4H3. The summed E-state index contributed by atoms with van der Waals surface area (Å²) in [5, 5.41) is 0. The Hall–Kier alpha value is -1.81. The molecule has 0 unspecified atom stereocenters. The van der Waals surface area contributed by atoms with E-state index in [1.165, 1.54) is 5.56 Å². The van der Waals surface area contributed by atoms with E-state index in [0.717, 1.165) is 27.1 Å². The first kappa shape index (κ1) is 15.1. The fourth-order valence-corrected chi connectivity index (χ4v) is 2.82. The van der Waals surface area contributed by atoms with E-state index in [4.69, 9.17) is 9.72 Å². The molecule has 0 atom stereocenters. The van der Waals surface area contributed by atoms with Crippen LogP contribution in [0.3, 0.4) is 0 Å². The lowest BCUT2D eigenvalue weighted by Gasteiger charge is -2.20. The number of hydrogen-bond acceptors (Lipinski definition) is 2. The molecule has 0 saturated carbocycles. The molecule has 22 heavy (non-hydrogen) atoms. The largest absolute Gasteiger partial charge is 0.496 e. The fourth-order valence-electron chi connectivity index (χ4n) is 2.47. The summed E-state index contributed by atoms with van der Waals surface area (Å²) in [4.78, 5) is 4.72. The van der Waals surface area contributed by atoms with Crippen LogP contribution in [-0.2, 0) is 5.41 Å². The van der Waals surface area contributed by atoms with Crippen molar-refractivity contribution in [1.29, 1.82) is 0 Å². The lowest BCUT2D eigenvalue weighted by Crippen LogP contribution is -2.11. The van der Waals surface area contributed by atoms with Crippen LogP contribution in [0.1, 0.15) is 26.3 Å². The van der Waals surface area contributed by atoms with Gasteiger partial charge in [0.15, 0.2) is 0 Å². The van der Waals surface area contributed by atoms with E-state index in [0.29, 0.717) is 0 Å². The zero-order valence-electron chi connectivity index (χ0n) is 13.2. The summed E-state index contributed by atoms with van der Waals surface area (Å²) >= 11 is 3.49. The lowest BCUT2D eigenvalue weighted by atomic mass is 9.86. The highest BCUT2D eigenvalue weighted by molar-refractivity contribution is 9.10. The first-order valence-corrected chi connectivity index (χ1v) is 8.01. The summed E-state index contributed by atoms with van der Waals surface area (Å²) in [6.45, 7) is 6.62. The van der Waals surface area contributed by atoms with Crippen LogP contribution >= 0.6 is 15.9 Å². The minimum absolute atomic E-state index is 0.0865. The number of benzene rings is 1. The number of ether oxygens (including phenoxy) is 1. The van der Waals surface area contributed by atoms with Gasteiger partial charge in [-0.15, -0.1) is 0 Å². The average Bonchev–Trinajstić information content (AvgIpc) is 2.88. The van der Waals surface area contributed by atoms with E-state index < -0.39 is 0 Å². The summed E-state index contributed by atoms with van der Waals surface area (Å²) in [7, 11) is 1.70. The van der Waals surface area contributed by atoms with Gasteiger partial charge < -0.3 is 9.14 Å². The van der Waals surface area contributed by atoms with Crippen molar-refractivity contribution in [2.24, 2.45) is 0 Å². The van der Waals surface area contributed by atoms with Gasteiger partial charge in [-0.3, -0.25) is 0 Å². The highest BCUT2D eigenvalue weighted by atomic mass is 79.9. The SMILES string of the molecule is COc1ccc(C(C)(C)C)cc1-c1cn2cc(Br)ccc2n1. The van der Waals surface area contributed by atoms with Crippen LogP contribution in [0.5, 0.6) is 5.75 Å². The van der Waals surface area contributed by atoms with Gasteiger partial charge in [0.1, 0.15) is 11.4 Å². The Morgan fingerprint density at radius 2 is 1.86 bits per heavy atom. The maximum absolute atomic E-state index is 5.53. The van der Waals surface area contributed by atoms with Gasteiger partial charge in [-0.25, -0.2) is 4.98 Å². The van der Waals surface area contributed by atoms with Crippen molar-refractivity contribution >= 4 is 21.6 Å². The Bertz CT molecular complexity index is 831. The predicted molar refractivity (Wildman–Crippen MR) is 93.6 cm³/mol. The van der Waals surface area contributed by atoms with E-state index in [2.05, 4.69) is 48.8 Å². The Balaban J connectivity index is 2.19. The molecule has 114 valence electrons. The third-order valence-electron chi connectivity index (χ3n) is 3.76. The number of aromatic nitrogens is 2. The molecule has 0 aliphatic heterocycles. The smallest absolute Gasteiger partial charge is 0.137 e.